The number of hydrogen-bond acceptors (Lipinski definition) is 8. The number of halogens is 1. The Morgan fingerprint density at radius 1 is 1.13 bits per heavy atom. The SMILES string of the molecule is Fc1ccc(OC2COC2)c(C2CCN(C3COC4(C3)CN(c3ncon3)C4)CC2)c1. The van der Waals surface area contributed by atoms with Gasteiger partial charge < -0.3 is 23.6 Å². The van der Waals surface area contributed by atoms with Crippen LogP contribution in [0.1, 0.15) is 30.7 Å². The van der Waals surface area contributed by atoms with Gasteiger partial charge in [-0.3, -0.25) is 4.90 Å². The summed E-state index contributed by atoms with van der Waals surface area (Å²) in [5.74, 6) is 1.57. The number of benzene rings is 1. The van der Waals surface area contributed by atoms with Crippen LogP contribution in [0.2, 0.25) is 0 Å². The second-order valence-electron chi connectivity index (χ2n) is 9.21. The monoisotopic (exact) mass is 430 g/mol. The fourth-order valence-corrected chi connectivity index (χ4v) is 5.35. The minimum absolute atomic E-state index is 0.0867. The highest BCUT2D eigenvalue weighted by molar-refractivity contribution is 5.38. The minimum atomic E-state index is -0.197. The van der Waals surface area contributed by atoms with E-state index in [0.29, 0.717) is 31.1 Å². The van der Waals surface area contributed by atoms with E-state index >= 15 is 0 Å². The summed E-state index contributed by atoms with van der Waals surface area (Å²) in [5.41, 5.74) is 0.914. The molecule has 8 nitrogen and oxygen atoms in total. The first-order valence-corrected chi connectivity index (χ1v) is 11.1. The standard InChI is InChI=1S/C22H27FN4O4/c23-16-1-2-20(31-18-10-28-11-18)19(7-16)15-3-5-26(6-4-15)17-8-22(29-9-17)12-27(13-22)21-24-14-30-25-21/h1-2,7,14-15,17-18H,3-6,8-13H2. The number of anilines is 1. The molecule has 4 fully saturated rings. The number of hydrogen-bond donors (Lipinski definition) is 0. The highest BCUT2D eigenvalue weighted by atomic mass is 19.1. The van der Waals surface area contributed by atoms with Crippen LogP contribution in [-0.4, -0.2) is 78.8 Å². The minimum Gasteiger partial charge on any atom is -0.485 e. The topological polar surface area (TPSA) is 73.1 Å². The molecule has 1 spiro atoms. The summed E-state index contributed by atoms with van der Waals surface area (Å²) in [4.78, 5) is 8.75. The molecule has 0 aliphatic carbocycles. The van der Waals surface area contributed by atoms with Crippen LogP contribution in [0.3, 0.4) is 0 Å². The van der Waals surface area contributed by atoms with Gasteiger partial charge in [0, 0.05) is 11.6 Å². The molecule has 4 saturated heterocycles. The predicted molar refractivity (Wildman–Crippen MR) is 109 cm³/mol. The highest BCUT2D eigenvalue weighted by Crippen LogP contribution is 2.41. The van der Waals surface area contributed by atoms with E-state index in [4.69, 9.17) is 18.7 Å². The summed E-state index contributed by atoms with van der Waals surface area (Å²) in [6.45, 7) is 5.60. The number of likely N-dealkylation sites (tertiary alicyclic amines) is 1. The van der Waals surface area contributed by atoms with Crippen LogP contribution in [0.5, 0.6) is 5.75 Å². The molecule has 5 heterocycles. The molecule has 0 radical (unpaired) electrons. The molecule has 166 valence electrons. The molecule has 1 unspecified atom stereocenters. The van der Waals surface area contributed by atoms with Crippen LogP contribution in [-0.2, 0) is 9.47 Å². The van der Waals surface area contributed by atoms with Crippen LogP contribution < -0.4 is 9.64 Å². The van der Waals surface area contributed by atoms with Crippen LogP contribution in [0, 0.1) is 5.82 Å². The number of piperidine rings is 1. The lowest BCUT2D eigenvalue weighted by molar-refractivity contribution is -0.0801. The molecule has 4 aliphatic rings. The second kappa shape index (κ2) is 7.72. The summed E-state index contributed by atoms with van der Waals surface area (Å²) < 4.78 is 36.3. The van der Waals surface area contributed by atoms with Crippen LogP contribution >= 0.6 is 0 Å². The average Bonchev–Trinajstić information content (AvgIpc) is 3.41. The largest absolute Gasteiger partial charge is 0.485 e. The zero-order valence-electron chi connectivity index (χ0n) is 17.4. The first-order valence-electron chi connectivity index (χ1n) is 11.1. The average molecular weight is 430 g/mol. The molecule has 31 heavy (non-hydrogen) atoms. The highest BCUT2D eigenvalue weighted by Gasteiger charge is 2.52. The van der Waals surface area contributed by atoms with Gasteiger partial charge in [-0.2, -0.15) is 4.98 Å². The van der Waals surface area contributed by atoms with Gasteiger partial charge in [0.1, 0.15) is 23.3 Å². The smallest absolute Gasteiger partial charge is 0.266 e. The second-order valence-corrected chi connectivity index (χ2v) is 9.21. The molecule has 0 saturated carbocycles. The first kappa shape index (κ1) is 19.5. The van der Waals surface area contributed by atoms with Crippen molar-refractivity contribution in [3.05, 3.63) is 36.0 Å². The molecule has 2 aromatic rings. The fraction of sp³-hybridized carbons (Fsp3) is 0.636. The van der Waals surface area contributed by atoms with E-state index in [1.54, 1.807) is 12.1 Å². The fourth-order valence-electron chi connectivity index (χ4n) is 5.35. The Morgan fingerprint density at radius 2 is 1.97 bits per heavy atom. The third-order valence-corrected chi connectivity index (χ3v) is 7.14. The van der Waals surface area contributed by atoms with Gasteiger partial charge in [-0.1, -0.05) is 0 Å². The van der Waals surface area contributed by atoms with Crippen molar-refractivity contribution in [3.8, 4) is 5.75 Å². The Morgan fingerprint density at radius 3 is 2.68 bits per heavy atom. The van der Waals surface area contributed by atoms with E-state index in [-0.39, 0.29) is 17.5 Å². The molecule has 1 atom stereocenters. The first-order chi connectivity index (χ1) is 15.2. The van der Waals surface area contributed by atoms with Crippen molar-refractivity contribution >= 4 is 5.95 Å². The quantitative estimate of drug-likeness (QED) is 0.715. The molecule has 6 rings (SSSR count). The number of aromatic nitrogens is 2. The van der Waals surface area contributed by atoms with E-state index < -0.39 is 0 Å². The molecule has 0 amide bonds. The molecule has 1 aromatic heterocycles. The molecule has 1 aromatic carbocycles. The van der Waals surface area contributed by atoms with E-state index in [1.807, 2.05) is 0 Å². The molecular formula is C22H27FN4O4. The Labute approximate surface area is 180 Å². The van der Waals surface area contributed by atoms with Crippen molar-refractivity contribution in [2.75, 3.05) is 50.9 Å². The molecule has 9 heteroatoms. The van der Waals surface area contributed by atoms with Gasteiger partial charge in [0.2, 0.25) is 6.39 Å². The van der Waals surface area contributed by atoms with E-state index in [1.165, 1.54) is 12.5 Å². The third-order valence-electron chi connectivity index (χ3n) is 7.14. The number of nitrogens with zero attached hydrogens (tertiary/aromatic N) is 4. The lowest BCUT2D eigenvalue weighted by Crippen LogP contribution is -2.62. The van der Waals surface area contributed by atoms with Gasteiger partial charge in [0.15, 0.2) is 0 Å². The van der Waals surface area contributed by atoms with E-state index in [0.717, 1.165) is 63.4 Å². The van der Waals surface area contributed by atoms with Crippen LogP contribution in [0.15, 0.2) is 29.1 Å². The molecular weight excluding hydrogens is 403 g/mol. The number of ether oxygens (including phenoxy) is 3. The Bertz CT molecular complexity index is 908. The van der Waals surface area contributed by atoms with Crippen LogP contribution in [0.4, 0.5) is 10.3 Å². The van der Waals surface area contributed by atoms with Gasteiger partial charge in [-0.15, -0.1) is 0 Å². The van der Waals surface area contributed by atoms with Gasteiger partial charge in [0.25, 0.3) is 5.95 Å². The summed E-state index contributed by atoms with van der Waals surface area (Å²) in [7, 11) is 0. The van der Waals surface area contributed by atoms with Gasteiger partial charge >= 0.3 is 0 Å². The Hall–Kier alpha value is -2.23. The van der Waals surface area contributed by atoms with Crippen molar-refractivity contribution < 1.29 is 23.1 Å². The number of rotatable bonds is 5. The normalized spacial score (nSPS) is 26.7. The van der Waals surface area contributed by atoms with Gasteiger partial charge in [-0.05, 0) is 61.6 Å². The summed E-state index contributed by atoms with van der Waals surface area (Å²) in [5, 5.41) is 3.91. The molecule has 0 N–H and O–H groups in total. The van der Waals surface area contributed by atoms with E-state index in [9.17, 15) is 4.39 Å². The Balaban J connectivity index is 1.05. The van der Waals surface area contributed by atoms with Gasteiger partial charge in [-0.25, -0.2) is 4.39 Å². The lowest BCUT2D eigenvalue weighted by Gasteiger charge is -2.46. The predicted octanol–water partition coefficient (Wildman–Crippen LogP) is 2.21. The molecule has 4 aliphatic heterocycles. The molecule has 0 bridgehead atoms. The van der Waals surface area contributed by atoms with Crippen molar-refractivity contribution in [3.63, 3.8) is 0 Å². The van der Waals surface area contributed by atoms with Crippen molar-refractivity contribution in [1.29, 1.82) is 0 Å². The maximum absolute atomic E-state index is 14.0. The van der Waals surface area contributed by atoms with E-state index in [2.05, 4.69) is 19.9 Å². The van der Waals surface area contributed by atoms with Crippen molar-refractivity contribution in [2.45, 2.75) is 42.9 Å². The third kappa shape index (κ3) is 3.68. The summed E-state index contributed by atoms with van der Waals surface area (Å²) in [6.07, 6.45) is 4.48. The van der Waals surface area contributed by atoms with Crippen molar-refractivity contribution in [2.24, 2.45) is 0 Å². The maximum Gasteiger partial charge on any atom is 0.266 e. The summed E-state index contributed by atoms with van der Waals surface area (Å²) >= 11 is 0. The van der Waals surface area contributed by atoms with Crippen LogP contribution in [0.25, 0.3) is 0 Å². The maximum atomic E-state index is 14.0. The zero-order chi connectivity index (χ0) is 20.8. The van der Waals surface area contributed by atoms with Gasteiger partial charge in [0.05, 0.1) is 32.9 Å². The zero-order valence-corrected chi connectivity index (χ0v) is 17.4. The summed E-state index contributed by atoms with van der Waals surface area (Å²) in [6, 6.07) is 5.35. The Kier molecular flexibility index (Phi) is 4.85. The lowest BCUT2D eigenvalue weighted by atomic mass is 9.86. The van der Waals surface area contributed by atoms with Crippen molar-refractivity contribution in [1.82, 2.24) is 15.0 Å².